The van der Waals surface area contributed by atoms with Crippen molar-refractivity contribution in [3.05, 3.63) is 59.2 Å². The summed E-state index contributed by atoms with van der Waals surface area (Å²) in [6.07, 6.45) is 1.79. The standard InChI is InChI=1S/C23H25ClN6O4/c1-34-20-7-6-13(8-16(20)24)10-27-21(31)19-9-14(25)11-30(19)23(33)28-17-12-29(22(26)32)18-5-3-2-4-15(17)18/h2-8,12,14,19H,9-11,25H2,1H3,(H2,26,32)(H,27,31)(H,28,33)/t14-,19-/m0/s1. The van der Waals surface area contributed by atoms with Crippen LogP contribution in [0.1, 0.15) is 12.0 Å². The number of likely N-dealkylation sites (tertiary alicyclic amines) is 1. The van der Waals surface area contributed by atoms with Crippen molar-refractivity contribution in [3.8, 4) is 5.75 Å². The number of carbonyl (C=O) groups excluding carboxylic acids is 3. The van der Waals surface area contributed by atoms with Gasteiger partial charge in [0.25, 0.3) is 0 Å². The van der Waals surface area contributed by atoms with Crippen LogP contribution in [0.4, 0.5) is 15.3 Å². The Balaban J connectivity index is 1.47. The SMILES string of the molecule is COc1ccc(CNC(=O)[C@@H]2C[C@H](N)CN2C(=O)Nc2cn(C(N)=O)c3ccccc23)cc1Cl. The van der Waals surface area contributed by atoms with Gasteiger partial charge in [0, 0.05) is 30.7 Å². The molecule has 0 spiro atoms. The number of halogens is 1. The van der Waals surface area contributed by atoms with E-state index < -0.39 is 18.1 Å². The summed E-state index contributed by atoms with van der Waals surface area (Å²) < 4.78 is 6.39. The first kappa shape index (κ1) is 23.4. The summed E-state index contributed by atoms with van der Waals surface area (Å²) in [5.41, 5.74) is 13.3. The molecule has 4 rings (SSSR count). The fourth-order valence-electron chi connectivity index (χ4n) is 4.12. The van der Waals surface area contributed by atoms with Gasteiger partial charge in [-0.05, 0) is 30.2 Å². The Morgan fingerprint density at radius 3 is 2.68 bits per heavy atom. The van der Waals surface area contributed by atoms with Crippen LogP contribution in [0.5, 0.6) is 5.75 Å². The molecule has 4 amide bonds. The molecule has 0 aliphatic carbocycles. The van der Waals surface area contributed by atoms with Crippen molar-refractivity contribution < 1.29 is 19.1 Å². The summed E-state index contributed by atoms with van der Waals surface area (Å²) in [6.45, 7) is 0.447. The smallest absolute Gasteiger partial charge is 0.323 e. The van der Waals surface area contributed by atoms with Crippen LogP contribution < -0.4 is 26.8 Å². The molecule has 10 nitrogen and oxygen atoms in total. The topological polar surface area (TPSA) is 145 Å². The van der Waals surface area contributed by atoms with Crippen molar-refractivity contribution in [3.63, 3.8) is 0 Å². The molecule has 0 unspecified atom stereocenters. The molecular formula is C23H25ClN6O4. The molecule has 1 aliphatic heterocycles. The first-order valence-electron chi connectivity index (χ1n) is 10.6. The number of aromatic nitrogens is 1. The number of nitrogens with one attached hydrogen (secondary N) is 2. The van der Waals surface area contributed by atoms with Gasteiger partial charge < -0.3 is 31.7 Å². The predicted molar refractivity (Wildman–Crippen MR) is 129 cm³/mol. The average molecular weight is 485 g/mol. The van der Waals surface area contributed by atoms with Gasteiger partial charge in [0.15, 0.2) is 0 Å². The number of primary amides is 1. The number of urea groups is 1. The van der Waals surface area contributed by atoms with Crippen molar-refractivity contribution >= 4 is 46.2 Å². The van der Waals surface area contributed by atoms with Crippen LogP contribution >= 0.6 is 11.6 Å². The monoisotopic (exact) mass is 484 g/mol. The van der Waals surface area contributed by atoms with Gasteiger partial charge in [-0.15, -0.1) is 0 Å². The van der Waals surface area contributed by atoms with Crippen LogP contribution in [-0.2, 0) is 11.3 Å². The zero-order valence-electron chi connectivity index (χ0n) is 18.5. The second-order valence-electron chi connectivity index (χ2n) is 8.05. The number of anilines is 1. The van der Waals surface area contributed by atoms with E-state index in [9.17, 15) is 14.4 Å². The molecule has 3 aromatic rings. The van der Waals surface area contributed by atoms with E-state index in [1.807, 2.05) is 0 Å². The van der Waals surface area contributed by atoms with Gasteiger partial charge in [0.1, 0.15) is 11.8 Å². The Labute approximate surface area is 200 Å². The van der Waals surface area contributed by atoms with Crippen LogP contribution in [0.3, 0.4) is 0 Å². The quantitative estimate of drug-likeness (QED) is 0.439. The van der Waals surface area contributed by atoms with Crippen molar-refractivity contribution in [2.24, 2.45) is 11.5 Å². The number of benzene rings is 2. The van der Waals surface area contributed by atoms with E-state index in [0.717, 1.165) is 5.56 Å². The first-order chi connectivity index (χ1) is 16.3. The number of hydrogen-bond donors (Lipinski definition) is 4. The van der Waals surface area contributed by atoms with Gasteiger partial charge >= 0.3 is 12.1 Å². The minimum Gasteiger partial charge on any atom is -0.495 e. The molecular weight excluding hydrogens is 460 g/mol. The molecule has 1 aromatic heterocycles. The number of carbonyl (C=O) groups is 3. The molecule has 178 valence electrons. The van der Waals surface area contributed by atoms with E-state index in [2.05, 4.69) is 10.6 Å². The maximum atomic E-state index is 13.1. The number of nitrogens with two attached hydrogens (primary N) is 2. The average Bonchev–Trinajstić information content (AvgIpc) is 3.39. The van der Waals surface area contributed by atoms with E-state index in [1.165, 1.54) is 22.8 Å². The molecule has 1 saturated heterocycles. The molecule has 2 heterocycles. The second-order valence-corrected chi connectivity index (χ2v) is 8.46. The van der Waals surface area contributed by atoms with E-state index >= 15 is 0 Å². The summed E-state index contributed by atoms with van der Waals surface area (Å²) in [4.78, 5) is 39.2. The fraction of sp³-hybridized carbons (Fsp3) is 0.261. The Bertz CT molecular complexity index is 1260. The number of fused-ring (bicyclic) bond motifs is 1. The molecule has 6 N–H and O–H groups in total. The molecule has 1 aliphatic rings. The minimum absolute atomic E-state index is 0.215. The third-order valence-corrected chi connectivity index (χ3v) is 6.07. The van der Waals surface area contributed by atoms with Crippen molar-refractivity contribution in [2.75, 3.05) is 19.0 Å². The molecule has 0 bridgehead atoms. The predicted octanol–water partition coefficient (Wildman–Crippen LogP) is 2.48. The van der Waals surface area contributed by atoms with Gasteiger partial charge in [0.2, 0.25) is 5.91 Å². The van der Waals surface area contributed by atoms with E-state index in [-0.39, 0.29) is 25.0 Å². The summed E-state index contributed by atoms with van der Waals surface area (Å²) in [5, 5.41) is 6.72. The molecule has 2 aromatic carbocycles. The number of ether oxygens (including phenoxy) is 1. The first-order valence-corrected chi connectivity index (χ1v) is 11.0. The molecule has 2 atom stereocenters. The zero-order valence-corrected chi connectivity index (χ0v) is 19.2. The van der Waals surface area contributed by atoms with Crippen LogP contribution in [0.2, 0.25) is 5.02 Å². The van der Waals surface area contributed by atoms with Crippen molar-refractivity contribution in [1.82, 2.24) is 14.8 Å². The molecule has 11 heteroatoms. The van der Waals surface area contributed by atoms with Gasteiger partial charge in [-0.3, -0.25) is 9.36 Å². The number of methoxy groups -OCH3 is 1. The number of nitrogens with zero attached hydrogens (tertiary/aromatic N) is 2. The fourth-order valence-corrected chi connectivity index (χ4v) is 4.40. The number of para-hydroxylation sites is 1. The summed E-state index contributed by atoms with van der Waals surface area (Å²) >= 11 is 6.15. The van der Waals surface area contributed by atoms with Crippen LogP contribution in [-0.4, -0.2) is 53.2 Å². The highest BCUT2D eigenvalue weighted by molar-refractivity contribution is 6.32. The van der Waals surface area contributed by atoms with Crippen LogP contribution in [0.15, 0.2) is 48.7 Å². The normalized spacial score (nSPS) is 17.6. The number of rotatable bonds is 5. The van der Waals surface area contributed by atoms with Gasteiger partial charge in [-0.25, -0.2) is 9.59 Å². The largest absolute Gasteiger partial charge is 0.495 e. The Kier molecular flexibility index (Phi) is 6.62. The second kappa shape index (κ2) is 9.62. The van der Waals surface area contributed by atoms with Crippen molar-refractivity contribution in [2.45, 2.75) is 25.0 Å². The van der Waals surface area contributed by atoms with Gasteiger partial charge in [0.05, 0.1) is 23.3 Å². The van der Waals surface area contributed by atoms with E-state index in [1.54, 1.807) is 42.5 Å². The highest BCUT2D eigenvalue weighted by Crippen LogP contribution is 2.28. The summed E-state index contributed by atoms with van der Waals surface area (Å²) in [7, 11) is 1.53. The van der Waals surface area contributed by atoms with Gasteiger partial charge in [-0.1, -0.05) is 35.9 Å². The lowest BCUT2D eigenvalue weighted by Gasteiger charge is -2.24. The zero-order chi connectivity index (χ0) is 24.4. The summed E-state index contributed by atoms with van der Waals surface area (Å²) in [6, 6.07) is 10.0. The lowest BCUT2D eigenvalue weighted by Crippen LogP contribution is -2.47. The maximum Gasteiger partial charge on any atom is 0.323 e. The lowest BCUT2D eigenvalue weighted by atomic mass is 10.1. The Morgan fingerprint density at radius 1 is 1.21 bits per heavy atom. The number of amides is 4. The highest BCUT2D eigenvalue weighted by Gasteiger charge is 2.38. The third kappa shape index (κ3) is 4.63. The molecule has 34 heavy (non-hydrogen) atoms. The number of hydrogen-bond acceptors (Lipinski definition) is 5. The van der Waals surface area contributed by atoms with Crippen LogP contribution in [0.25, 0.3) is 10.9 Å². The van der Waals surface area contributed by atoms with Gasteiger partial charge in [-0.2, -0.15) is 0 Å². The minimum atomic E-state index is -0.742. The van der Waals surface area contributed by atoms with E-state index in [4.69, 9.17) is 27.8 Å². The Hall–Kier alpha value is -3.76. The van der Waals surface area contributed by atoms with Crippen LogP contribution in [0, 0.1) is 0 Å². The molecule has 0 saturated carbocycles. The Morgan fingerprint density at radius 2 is 1.97 bits per heavy atom. The van der Waals surface area contributed by atoms with Crippen molar-refractivity contribution in [1.29, 1.82) is 0 Å². The highest BCUT2D eigenvalue weighted by atomic mass is 35.5. The summed E-state index contributed by atoms with van der Waals surface area (Å²) in [5.74, 6) is 0.216. The lowest BCUT2D eigenvalue weighted by molar-refractivity contribution is -0.124. The van der Waals surface area contributed by atoms with E-state index in [0.29, 0.717) is 33.8 Å². The third-order valence-electron chi connectivity index (χ3n) is 5.77. The molecule has 1 fully saturated rings. The maximum absolute atomic E-state index is 13.1. The molecule has 0 radical (unpaired) electrons.